The van der Waals surface area contributed by atoms with Crippen molar-refractivity contribution in [1.29, 1.82) is 0 Å². The van der Waals surface area contributed by atoms with Gasteiger partial charge in [-0.1, -0.05) is 29.8 Å². The van der Waals surface area contributed by atoms with Crippen LogP contribution in [0.4, 0.5) is 37.7 Å². The van der Waals surface area contributed by atoms with Crippen molar-refractivity contribution in [2.45, 2.75) is 12.6 Å². The molecule has 0 saturated carbocycles. The number of nitrogens with one attached hydrogen (secondary N) is 2. The quantitative estimate of drug-likeness (QED) is 0.231. The number of alkyl halides is 5. The maximum atomic E-state index is 13.6. The van der Waals surface area contributed by atoms with Crippen molar-refractivity contribution in [3.8, 4) is 0 Å². The van der Waals surface area contributed by atoms with Crippen LogP contribution in [0.25, 0.3) is 0 Å². The van der Waals surface area contributed by atoms with Crippen LogP contribution in [-0.2, 0) is 20.3 Å². The average Bonchev–Trinajstić information content (AvgIpc) is 3.46. The molecular formula is C24H18BrClF6N6O2. The number of hydrogen-bond donors (Lipinski definition) is 2. The second kappa shape index (κ2) is 12.6. The van der Waals surface area contributed by atoms with Gasteiger partial charge in [-0.15, -0.1) is 0 Å². The second-order valence-electron chi connectivity index (χ2n) is 7.95. The second-order valence-corrected chi connectivity index (χ2v) is 9.21. The van der Waals surface area contributed by atoms with Gasteiger partial charge in [0.2, 0.25) is 0 Å². The van der Waals surface area contributed by atoms with Crippen molar-refractivity contribution in [3.05, 3.63) is 92.7 Å². The molecule has 0 unspecified atom stereocenters. The average molecular weight is 652 g/mol. The third-order valence-corrected chi connectivity index (χ3v) is 5.96. The Labute approximate surface area is 236 Å². The van der Waals surface area contributed by atoms with Gasteiger partial charge in [0.25, 0.3) is 18.2 Å². The summed E-state index contributed by atoms with van der Waals surface area (Å²) in [7, 11) is 2.73. The number of aryl methyl sites for hydroxylation is 2. The van der Waals surface area contributed by atoms with E-state index in [1.54, 1.807) is 24.3 Å². The lowest BCUT2D eigenvalue weighted by molar-refractivity contribution is -0.141. The largest absolute Gasteiger partial charge is 0.435 e. The number of nitrogens with zero attached hydrogens (tertiary/aromatic N) is 4. The third kappa shape index (κ3) is 7.41. The molecule has 0 fully saturated rings. The van der Waals surface area contributed by atoms with Crippen molar-refractivity contribution in [2.75, 3.05) is 10.6 Å². The fourth-order valence-electron chi connectivity index (χ4n) is 3.26. The molecule has 0 saturated heterocycles. The zero-order chi connectivity index (χ0) is 29.8. The van der Waals surface area contributed by atoms with Crippen molar-refractivity contribution >= 4 is 50.7 Å². The first-order chi connectivity index (χ1) is 18.7. The molecule has 212 valence electrons. The van der Waals surface area contributed by atoms with Crippen molar-refractivity contribution in [2.24, 2.45) is 14.1 Å². The van der Waals surface area contributed by atoms with Crippen LogP contribution in [0, 0.1) is 5.82 Å². The molecule has 0 spiro atoms. The predicted octanol–water partition coefficient (Wildman–Crippen LogP) is 6.86. The van der Waals surface area contributed by atoms with Crippen molar-refractivity contribution in [1.82, 2.24) is 19.6 Å². The van der Waals surface area contributed by atoms with Crippen LogP contribution in [0.2, 0.25) is 5.02 Å². The Morgan fingerprint density at radius 3 is 2.12 bits per heavy atom. The van der Waals surface area contributed by atoms with Crippen LogP contribution in [0.3, 0.4) is 0 Å². The normalized spacial score (nSPS) is 11.2. The third-order valence-electron chi connectivity index (χ3n) is 4.97. The van der Waals surface area contributed by atoms with E-state index in [0.717, 1.165) is 16.9 Å². The van der Waals surface area contributed by atoms with Gasteiger partial charge >= 0.3 is 6.18 Å². The topological polar surface area (TPSA) is 93.8 Å². The van der Waals surface area contributed by atoms with E-state index in [2.05, 4.69) is 36.8 Å². The molecule has 8 nitrogen and oxygen atoms in total. The van der Waals surface area contributed by atoms with E-state index in [4.69, 9.17) is 11.6 Å². The first kappa shape index (κ1) is 30.7. The van der Waals surface area contributed by atoms with Crippen LogP contribution in [0.5, 0.6) is 0 Å². The lowest BCUT2D eigenvalue weighted by atomic mass is 10.2. The fourth-order valence-corrected chi connectivity index (χ4v) is 3.88. The van der Waals surface area contributed by atoms with Gasteiger partial charge in [0.15, 0.2) is 5.69 Å². The molecule has 4 rings (SSSR count). The molecule has 0 aliphatic heterocycles. The SMILES string of the molecule is Cn1cc(C(=O)Nc2c(F)cccc2Br)c(C(F)(F)F)n1.Cn1cc(C(=O)Nc2ccccc2Cl)c(C(F)F)n1. The summed E-state index contributed by atoms with van der Waals surface area (Å²) in [5.74, 6) is -2.53. The van der Waals surface area contributed by atoms with E-state index in [1.165, 1.54) is 37.1 Å². The van der Waals surface area contributed by atoms with Gasteiger partial charge in [0, 0.05) is 31.0 Å². The highest BCUT2D eigenvalue weighted by Crippen LogP contribution is 2.32. The minimum Gasteiger partial charge on any atom is -0.321 e. The Morgan fingerprint density at radius 2 is 1.52 bits per heavy atom. The van der Waals surface area contributed by atoms with E-state index in [-0.39, 0.29) is 15.7 Å². The molecule has 4 aromatic rings. The van der Waals surface area contributed by atoms with Gasteiger partial charge in [-0.3, -0.25) is 19.0 Å². The number of para-hydroxylation sites is 2. The molecule has 2 aromatic carbocycles. The van der Waals surface area contributed by atoms with Gasteiger partial charge in [-0.2, -0.15) is 23.4 Å². The summed E-state index contributed by atoms with van der Waals surface area (Å²) in [6.07, 6.45) is -5.42. The molecule has 2 aromatic heterocycles. The zero-order valence-corrected chi connectivity index (χ0v) is 22.7. The van der Waals surface area contributed by atoms with Crippen LogP contribution < -0.4 is 10.6 Å². The lowest BCUT2D eigenvalue weighted by Gasteiger charge is -2.09. The Kier molecular flexibility index (Phi) is 9.63. The van der Waals surface area contributed by atoms with Crippen LogP contribution in [-0.4, -0.2) is 31.4 Å². The summed E-state index contributed by atoms with van der Waals surface area (Å²) in [6.45, 7) is 0. The zero-order valence-electron chi connectivity index (χ0n) is 20.4. The summed E-state index contributed by atoms with van der Waals surface area (Å²) in [4.78, 5) is 23.9. The first-order valence-electron chi connectivity index (χ1n) is 10.9. The minimum atomic E-state index is -4.78. The molecule has 0 bridgehead atoms. The molecule has 16 heteroatoms. The molecule has 0 radical (unpaired) electrons. The van der Waals surface area contributed by atoms with Crippen LogP contribution >= 0.6 is 27.5 Å². The first-order valence-corrected chi connectivity index (χ1v) is 12.1. The summed E-state index contributed by atoms with van der Waals surface area (Å²) >= 11 is 8.89. The summed E-state index contributed by atoms with van der Waals surface area (Å²) in [6, 6.07) is 10.5. The Hall–Kier alpha value is -3.85. The Balaban J connectivity index is 0.000000222. The van der Waals surface area contributed by atoms with E-state index in [1.807, 2.05) is 0 Å². The van der Waals surface area contributed by atoms with E-state index >= 15 is 0 Å². The number of carbonyl (C=O) groups excluding carboxylic acids is 2. The number of carbonyl (C=O) groups is 2. The van der Waals surface area contributed by atoms with Gasteiger partial charge in [-0.05, 0) is 40.2 Å². The summed E-state index contributed by atoms with van der Waals surface area (Å²) in [5.41, 5.74) is -2.60. The smallest absolute Gasteiger partial charge is 0.321 e. The standard InChI is InChI=1S/C12H8BrF4N3O.C12H10ClF2N3O/c1-20-5-6(10(19-20)12(15,16)17)11(21)18-9-7(13)3-2-4-8(9)14;1-18-6-7(10(17-18)11(14)15)12(19)16-9-5-3-2-4-8(9)13/h2-5H,1H3,(H,18,21);2-6,11H,1H3,(H,16,19). The van der Waals surface area contributed by atoms with Crippen LogP contribution in [0.1, 0.15) is 38.5 Å². The summed E-state index contributed by atoms with van der Waals surface area (Å²) in [5, 5.41) is 11.7. The lowest BCUT2D eigenvalue weighted by Crippen LogP contribution is -2.18. The monoisotopic (exact) mass is 650 g/mol. The maximum absolute atomic E-state index is 13.6. The highest BCUT2D eigenvalue weighted by molar-refractivity contribution is 9.10. The van der Waals surface area contributed by atoms with E-state index < -0.39 is 47.2 Å². The number of benzene rings is 2. The molecule has 0 aliphatic rings. The van der Waals surface area contributed by atoms with Gasteiger partial charge in [0.1, 0.15) is 11.5 Å². The predicted molar refractivity (Wildman–Crippen MR) is 138 cm³/mol. The molecule has 2 amide bonds. The van der Waals surface area contributed by atoms with Gasteiger partial charge in [0.05, 0.1) is 27.5 Å². The number of aromatic nitrogens is 4. The van der Waals surface area contributed by atoms with Crippen molar-refractivity contribution in [3.63, 3.8) is 0 Å². The minimum absolute atomic E-state index is 0.169. The molecule has 0 aliphatic carbocycles. The van der Waals surface area contributed by atoms with Gasteiger partial charge in [-0.25, -0.2) is 13.2 Å². The molecule has 2 N–H and O–H groups in total. The number of anilines is 2. The van der Waals surface area contributed by atoms with Gasteiger partial charge < -0.3 is 10.6 Å². The highest BCUT2D eigenvalue weighted by Gasteiger charge is 2.39. The molecule has 40 heavy (non-hydrogen) atoms. The number of rotatable bonds is 5. The van der Waals surface area contributed by atoms with Crippen molar-refractivity contribution < 1.29 is 35.9 Å². The molecular weight excluding hydrogens is 634 g/mol. The highest BCUT2D eigenvalue weighted by atomic mass is 79.9. The number of amides is 2. The van der Waals surface area contributed by atoms with E-state index in [0.29, 0.717) is 10.7 Å². The Morgan fingerprint density at radius 1 is 0.925 bits per heavy atom. The van der Waals surface area contributed by atoms with E-state index in [9.17, 15) is 35.9 Å². The number of halogens is 8. The maximum Gasteiger partial charge on any atom is 0.435 e. The molecule has 0 atom stereocenters. The van der Waals surface area contributed by atoms with Crippen LogP contribution in [0.15, 0.2) is 59.3 Å². The molecule has 2 heterocycles. The fraction of sp³-hybridized carbons (Fsp3) is 0.167. The number of hydrogen-bond acceptors (Lipinski definition) is 4. The summed E-state index contributed by atoms with van der Waals surface area (Å²) < 4.78 is 79.6. The Bertz CT molecular complexity index is 1520.